The lowest BCUT2D eigenvalue weighted by Crippen LogP contribution is -2.64. The highest BCUT2D eigenvalue weighted by Gasteiger charge is 2.40. The highest BCUT2D eigenvalue weighted by atomic mass is 16.5. The Morgan fingerprint density at radius 3 is 2.44 bits per heavy atom. The predicted octanol–water partition coefficient (Wildman–Crippen LogP) is 2.60. The molecule has 1 aliphatic heterocycles. The number of carbonyl (C=O) groups excluding carboxylic acids is 3. The first-order valence-corrected chi connectivity index (χ1v) is 11.5. The number of rotatable bonds is 7. The summed E-state index contributed by atoms with van der Waals surface area (Å²) in [6.45, 7) is 5.35. The van der Waals surface area contributed by atoms with Gasteiger partial charge in [0.05, 0.1) is 7.11 Å². The molecule has 3 rings (SSSR count). The van der Waals surface area contributed by atoms with Crippen molar-refractivity contribution in [3.8, 4) is 5.75 Å². The number of nitrogens with two attached hydrogens (primary N) is 1. The summed E-state index contributed by atoms with van der Waals surface area (Å²) in [6.07, 6.45) is -0.565. The van der Waals surface area contributed by atoms with Crippen LogP contribution in [-0.4, -0.2) is 67.1 Å². The first-order valence-electron chi connectivity index (χ1n) is 11.5. The maximum absolute atomic E-state index is 13.4. The largest absolute Gasteiger partial charge is 0.497 e. The first-order chi connectivity index (χ1) is 16.3. The third kappa shape index (κ3) is 5.85. The van der Waals surface area contributed by atoms with Gasteiger partial charge in [-0.15, -0.1) is 0 Å². The van der Waals surface area contributed by atoms with Gasteiger partial charge in [-0.05, 0) is 48.2 Å². The molecule has 1 unspecified atom stereocenters. The van der Waals surface area contributed by atoms with Crippen molar-refractivity contribution in [2.45, 2.75) is 32.4 Å². The number of hydrogen-bond donors (Lipinski definition) is 3. The minimum absolute atomic E-state index is 0.239. The molecule has 4 N–H and O–H groups in total. The van der Waals surface area contributed by atoms with Crippen LogP contribution in [0.5, 0.6) is 5.75 Å². The number of methoxy groups -OCH3 is 1. The van der Waals surface area contributed by atoms with Crippen LogP contribution < -0.4 is 21.1 Å². The molecule has 0 spiro atoms. The molecule has 2 aromatic rings. The van der Waals surface area contributed by atoms with Crippen LogP contribution in [0.2, 0.25) is 0 Å². The van der Waals surface area contributed by atoms with Gasteiger partial charge in [-0.2, -0.15) is 0 Å². The fraction of sp³-hybridized carbons (Fsp3) is 0.400. The monoisotopic (exact) mass is 467 g/mol. The van der Waals surface area contributed by atoms with Crippen molar-refractivity contribution >= 4 is 23.5 Å². The van der Waals surface area contributed by atoms with Crippen LogP contribution in [0, 0.1) is 0 Å². The van der Waals surface area contributed by atoms with Crippen LogP contribution >= 0.6 is 0 Å². The molecule has 34 heavy (non-hydrogen) atoms. The van der Waals surface area contributed by atoms with Crippen molar-refractivity contribution in [2.75, 3.05) is 38.6 Å². The molecule has 1 saturated heterocycles. The van der Waals surface area contributed by atoms with Crippen molar-refractivity contribution in [3.63, 3.8) is 0 Å². The van der Waals surface area contributed by atoms with Crippen molar-refractivity contribution in [1.82, 2.24) is 15.1 Å². The van der Waals surface area contributed by atoms with E-state index in [0.29, 0.717) is 42.4 Å². The standard InChI is InChI=1S/C25H33N5O4/c1-17(2)18-8-10-20(11-9-18)28-25(33)30-15-5-14-29(23(30)22(31)27-13-12-26)24(32)19-6-4-7-21(16-19)34-3/h4,6-11,16-17,23H,5,12-15,26H2,1-3H3,(H,27,31)(H,28,33). The van der Waals surface area contributed by atoms with E-state index < -0.39 is 18.1 Å². The molecule has 0 radical (unpaired) electrons. The molecule has 9 heteroatoms. The molecule has 182 valence electrons. The van der Waals surface area contributed by atoms with Gasteiger partial charge >= 0.3 is 6.03 Å². The summed E-state index contributed by atoms with van der Waals surface area (Å²) >= 11 is 0. The summed E-state index contributed by atoms with van der Waals surface area (Å²) in [5, 5.41) is 5.59. The zero-order chi connectivity index (χ0) is 24.7. The molecular formula is C25H33N5O4. The van der Waals surface area contributed by atoms with Gasteiger partial charge in [0, 0.05) is 37.4 Å². The number of carbonyl (C=O) groups is 3. The van der Waals surface area contributed by atoms with E-state index in [1.165, 1.54) is 16.9 Å². The van der Waals surface area contributed by atoms with E-state index in [4.69, 9.17) is 10.5 Å². The van der Waals surface area contributed by atoms with Crippen molar-refractivity contribution in [1.29, 1.82) is 0 Å². The topological polar surface area (TPSA) is 117 Å². The Bertz CT molecular complexity index is 1010. The number of anilines is 1. The fourth-order valence-electron chi connectivity index (χ4n) is 3.89. The normalized spacial score (nSPS) is 15.7. The predicted molar refractivity (Wildman–Crippen MR) is 131 cm³/mol. The van der Waals surface area contributed by atoms with Gasteiger partial charge in [-0.25, -0.2) is 4.79 Å². The third-order valence-electron chi connectivity index (χ3n) is 5.73. The second kappa shape index (κ2) is 11.5. The molecule has 4 amide bonds. The Morgan fingerprint density at radius 1 is 1.09 bits per heavy atom. The Hall–Kier alpha value is -3.59. The summed E-state index contributed by atoms with van der Waals surface area (Å²) < 4.78 is 5.23. The fourth-order valence-corrected chi connectivity index (χ4v) is 3.89. The second-order valence-electron chi connectivity index (χ2n) is 8.44. The number of nitrogens with zero attached hydrogens (tertiary/aromatic N) is 2. The summed E-state index contributed by atoms with van der Waals surface area (Å²) in [5.41, 5.74) is 7.70. The lowest BCUT2D eigenvalue weighted by molar-refractivity contribution is -0.132. The number of benzene rings is 2. The van der Waals surface area contributed by atoms with Crippen LogP contribution in [0.1, 0.15) is 42.1 Å². The van der Waals surface area contributed by atoms with Crippen molar-refractivity contribution in [3.05, 3.63) is 59.7 Å². The van der Waals surface area contributed by atoms with Crippen LogP contribution in [-0.2, 0) is 4.79 Å². The maximum atomic E-state index is 13.4. The van der Waals surface area contributed by atoms with Gasteiger partial charge in [-0.3, -0.25) is 14.5 Å². The molecule has 0 saturated carbocycles. The van der Waals surface area contributed by atoms with E-state index in [1.54, 1.807) is 24.3 Å². The van der Waals surface area contributed by atoms with Crippen LogP contribution in [0.25, 0.3) is 0 Å². The average molecular weight is 468 g/mol. The molecule has 1 fully saturated rings. The summed E-state index contributed by atoms with van der Waals surface area (Å²) in [6, 6.07) is 13.9. The molecule has 0 bridgehead atoms. The van der Waals surface area contributed by atoms with Crippen LogP contribution in [0.4, 0.5) is 10.5 Å². The minimum Gasteiger partial charge on any atom is -0.497 e. The molecule has 2 aromatic carbocycles. The minimum atomic E-state index is -1.10. The number of amides is 4. The molecule has 9 nitrogen and oxygen atoms in total. The van der Waals surface area contributed by atoms with Gasteiger partial charge in [-0.1, -0.05) is 32.0 Å². The third-order valence-corrected chi connectivity index (χ3v) is 5.73. The highest BCUT2D eigenvalue weighted by molar-refractivity contribution is 6.00. The Kier molecular flexibility index (Phi) is 8.48. The van der Waals surface area contributed by atoms with E-state index in [2.05, 4.69) is 24.5 Å². The van der Waals surface area contributed by atoms with Gasteiger partial charge in [0.15, 0.2) is 6.17 Å². The second-order valence-corrected chi connectivity index (χ2v) is 8.44. The summed E-state index contributed by atoms with van der Waals surface area (Å²) in [5.74, 6) is 0.0994. The van der Waals surface area contributed by atoms with Crippen LogP contribution in [0.15, 0.2) is 48.5 Å². The van der Waals surface area contributed by atoms with E-state index in [1.807, 2.05) is 24.3 Å². The number of hydrogen-bond acceptors (Lipinski definition) is 5. The number of nitrogens with one attached hydrogen (secondary N) is 2. The smallest absolute Gasteiger partial charge is 0.323 e. The van der Waals surface area contributed by atoms with Gasteiger partial charge in [0.2, 0.25) is 0 Å². The Morgan fingerprint density at radius 2 is 1.79 bits per heavy atom. The van der Waals surface area contributed by atoms with Crippen molar-refractivity contribution < 1.29 is 19.1 Å². The molecule has 1 atom stereocenters. The lowest BCUT2D eigenvalue weighted by atomic mass is 10.0. The van der Waals surface area contributed by atoms with Crippen LogP contribution in [0.3, 0.4) is 0 Å². The van der Waals surface area contributed by atoms with E-state index in [-0.39, 0.29) is 19.0 Å². The van der Waals surface area contributed by atoms with Gasteiger partial charge < -0.3 is 26.0 Å². The first kappa shape index (κ1) is 25.0. The van der Waals surface area contributed by atoms with Crippen molar-refractivity contribution in [2.24, 2.45) is 5.73 Å². The molecule has 1 heterocycles. The molecular weight excluding hydrogens is 434 g/mol. The highest BCUT2D eigenvalue weighted by Crippen LogP contribution is 2.23. The average Bonchev–Trinajstić information content (AvgIpc) is 2.86. The summed E-state index contributed by atoms with van der Waals surface area (Å²) in [7, 11) is 1.52. The molecule has 0 aliphatic carbocycles. The van der Waals surface area contributed by atoms with Gasteiger partial charge in [0.25, 0.3) is 11.8 Å². The van der Waals surface area contributed by atoms with Gasteiger partial charge in [0.1, 0.15) is 5.75 Å². The lowest BCUT2D eigenvalue weighted by Gasteiger charge is -2.42. The maximum Gasteiger partial charge on any atom is 0.323 e. The Labute approximate surface area is 200 Å². The Balaban J connectivity index is 1.86. The summed E-state index contributed by atoms with van der Waals surface area (Å²) in [4.78, 5) is 42.5. The number of urea groups is 1. The van der Waals surface area contributed by atoms with E-state index in [9.17, 15) is 14.4 Å². The molecule has 1 aliphatic rings. The van der Waals surface area contributed by atoms with E-state index in [0.717, 1.165) is 5.56 Å². The zero-order valence-electron chi connectivity index (χ0n) is 19.9. The quantitative estimate of drug-likeness (QED) is 0.579. The van der Waals surface area contributed by atoms with E-state index >= 15 is 0 Å². The zero-order valence-corrected chi connectivity index (χ0v) is 19.9. The molecule has 0 aromatic heterocycles. The SMILES string of the molecule is COc1cccc(C(=O)N2CCCN(C(=O)Nc3ccc(C(C)C)cc3)C2C(=O)NCCN)c1. The number of ether oxygens (including phenoxy) is 1.